The maximum absolute atomic E-state index is 12.5. The molecule has 0 atom stereocenters. The van der Waals surface area contributed by atoms with Crippen molar-refractivity contribution in [3.63, 3.8) is 0 Å². The van der Waals surface area contributed by atoms with Gasteiger partial charge in [-0.2, -0.15) is 0 Å². The fraction of sp³-hybridized carbons (Fsp3) is 1.00. The fourth-order valence-corrected chi connectivity index (χ4v) is 7.86. The van der Waals surface area contributed by atoms with Gasteiger partial charge in [-0.15, -0.1) is 0 Å². The van der Waals surface area contributed by atoms with Gasteiger partial charge in [0.1, 0.15) is 0 Å². The predicted octanol–water partition coefficient (Wildman–Crippen LogP) is 4.98. The van der Waals surface area contributed by atoms with Crippen molar-refractivity contribution in [3.8, 4) is 0 Å². The number of rotatable bonds is 6. The highest BCUT2D eigenvalue weighted by molar-refractivity contribution is 9.10. The summed E-state index contributed by atoms with van der Waals surface area (Å²) < 4.78 is 39.7. The van der Waals surface area contributed by atoms with Crippen LogP contribution in [0.15, 0.2) is 0 Å². The number of alkyl halides is 4. The quantitative estimate of drug-likeness (QED) is 0.311. The minimum atomic E-state index is -3.63. The maximum Gasteiger partial charge on any atom is 0.481 e. The van der Waals surface area contributed by atoms with Gasteiger partial charge < -0.3 is 9.05 Å². The van der Waals surface area contributed by atoms with Gasteiger partial charge in [0.05, 0.1) is 26.4 Å². The van der Waals surface area contributed by atoms with Crippen LogP contribution < -0.4 is 0 Å². The first-order chi connectivity index (χ1) is 10.4. The number of phosphoric ester groups is 1. The molecule has 2 aliphatic rings. The molecule has 0 unspecified atom stereocenters. The van der Waals surface area contributed by atoms with E-state index >= 15 is 0 Å². The van der Waals surface area contributed by atoms with Crippen LogP contribution >= 0.6 is 80.1 Å². The molecule has 2 rings (SSSR count). The van der Waals surface area contributed by atoms with Crippen molar-refractivity contribution in [1.29, 1.82) is 0 Å². The van der Waals surface area contributed by atoms with Gasteiger partial charge in [-0.3, -0.25) is 9.05 Å². The average molecular weight is 614 g/mol. The highest BCUT2D eigenvalue weighted by Crippen LogP contribution is 2.65. The second kappa shape index (κ2) is 8.85. The molecule has 0 aromatic heterocycles. The van der Waals surface area contributed by atoms with Crippen LogP contribution in [0.2, 0.25) is 0 Å². The van der Waals surface area contributed by atoms with Gasteiger partial charge >= 0.3 is 16.4 Å². The molecule has 12 heteroatoms. The van der Waals surface area contributed by atoms with E-state index in [2.05, 4.69) is 63.7 Å². The Morgan fingerprint density at radius 3 is 1.68 bits per heavy atom. The fourth-order valence-electron chi connectivity index (χ4n) is 1.53. The molecule has 2 aliphatic heterocycles. The van der Waals surface area contributed by atoms with E-state index in [0.29, 0.717) is 23.9 Å². The van der Waals surface area contributed by atoms with E-state index in [1.165, 1.54) is 0 Å². The van der Waals surface area contributed by atoms with Crippen LogP contribution in [0, 0.1) is 10.8 Å². The molecule has 130 valence electrons. The monoisotopic (exact) mass is 610 g/mol. The Bertz CT molecular complexity index is 396. The first-order valence-corrected chi connectivity index (χ1v) is 13.4. The largest absolute Gasteiger partial charge is 0.481 e. The van der Waals surface area contributed by atoms with Crippen molar-refractivity contribution in [2.45, 2.75) is 0 Å². The van der Waals surface area contributed by atoms with Gasteiger partial charge in [0.2, 0.25) is 0 Å². The van der Waals surface area contributed by atoms with E-state index in [9.17, 15) is 4.57 Å². The highest BCUT2D eigenvalue weighted by atomic mass is 79.9. The molecule has 0 spiro atoms. The van der Waals surface area contributed by atoms with Crippen molar-refractivity contribution >= 4 is 80.1 Å². The zero-order valence-electron chi connectivity index (χ0n) is 11.5. The highest BCUT2D eigenvalue weighted by Gasteiger charge is 2.46. The van der Waals surface area contributed by atoms with E-state index in [1.807, 2.05) is 0 Å². The standard InChI is InChI=1S/C10H16Br4O6P2/c11-1-9(2-12)5-16-21(17-6-9)20-22(15)18-7-10(3-13,4-14)8-19-22/h1-8H2. The summed E-state index contributed by atoms with van der Waals surface area (Å²) in [4.78, 5) is 0. The lowest BCUT2D eigenvalue weighted by Gasteiger charge is -2.39. The third-order valence-electron chi connectivity index (χ3n) is 3.31. The molecule has 2 heterocycles. The van der Waals surface area contributed by atoms with E-state index < -0.39 is 16.4 Å². The summed E-state index contributed by atoms with van der Waals surface area (Å²) in [6, 6.07) is 0. The molecule has 2 fully saturated rings. The Balaban J connectivity index is 1.86. The Kier molecular flexibility index (Phi) is 8.32. The molecule has 0 N–H and O–H groups in total. The second-order valence-corrected chi connectivity index (χ2v) is 10.7. The maximum atomic E-state index is 12.5. The van der Waals surface area contributed by atoms with Gasteiger partial charge in [0, 0.05) is 32.2 Å². The van der Waals surface area contributed by atoms with Crippen LogP contribution in [0.3, 0.4) is 0 Å². The molecular formula is C10H16Br4O6P2. The van der Waals surface area contributed by atoms with Gasteiger partial charge in [-0.05, 0) is 0 Å². The first kappa shape index (κ1) is 20.7. The molecule has 0 bridgehead atoms. The zero-order chi connectivity index (χ0) is 16.3. The molecule has 0 aliphatic carbocycles. The summed E-state index contributed by atoms with van der Waals surface area (Å²) >= 11 is 13.7. The summed E-state index contributed by atoms with van der Waals surface area (Å²) in [6.07, 6.45) is 0. The topological polar surface area (TPSA) is 63.2 Å². The minimum Gasteiger partial charge on any atom is -0.311 e. The molecule has 0 saturated carbocycles. The summed E-state index contributed by atoms with van der Waals surface area (Å²) in [5.41, 5.74) is -0.397. The molecule has 0 radical (unpaired) electrons. The number of hydrogen-bond donors (Lipinski definition) is 0. The SMILES string of the molecule is O=P1(OP2OCC(CBr)(CBr)CO2)OCC(CBr)(CBr)CO1. The Morgan fingerprint density at radius 1 is 0.864 bits per heavy atom. The normalized spacial score (nSPS) is 27.6. The number of halogens is 4. The Morgan fingerprint density at radius 2 is 1.27 bits per heavy atom. The van der Waals surface area contributed by atoms with Crippen LogP contribution in [-0.4, -0.2) is 47.7 Å². The molecule has 0 aromatic carbocycles. The predicted molar refractivity (Wildman–Crippen MR) is 99.5 cm³/mol. The summed E-state index contributed by atoms with van der Waals surface area (Å²) in [6.45, 7) is 1.44. The van der Waals surface area contributed by atoms with E-state index in [-0.39, 0.29) is 24.0 Å². The smallest absolute Gasteiger partial charge is 0.311 e. The van der Waals surface area contributed by atoms with Crippen molar-refractivity contribution in [2.24, 2.45) is 10.8 Å². The van der Waals surface area contributed by atoms with Crippen LogP contribution in [0.4, 0.5) is 0 Å². The van der Waals surface area contributed by atoms with Crippen LogP contribution in [0.5, 0.6) is 0 Å². The molecule has 0 aromatic rings. The molecule has 0 amide bonds. The second-order valence-electron chi connectivity index (χ2n) is 5.38. The van der Waals surface area contributed by atoms with E-state index in [4.69, 9.17) is 22.4 Å². The lowest BCUT2D eigenvalue weighted by Crippen LogP contribution is -2.39. The van der Waals surface area contributed by atoms with E-state index in [1.54, 1.807) is 0 Å². The van der Waals surface area contributed by atoms with Crippen molar-refractivity contribution < 1.29 is 27.0 Å². The summed E-state index contributed by atoms with van der Waals surface area (Å²) in [7, 11) is -5.36. The number of phosphoric acid groups is 1. The van der Waals surface area contributed by atoms with Crippen molar-refractivity contribution in [1.82, 2.24) is 0 Å². The van der Waals surface area contributed by atoms with Gasteiger partial charge in [-0.1, -0.05) is 63.7 Å². The molecule has 22 heavy (non-hydrogen) atoms. The lowest BCUT2D eigenvalue weighted by molar-refractivity contribution is 0.00774. The number of hydrogen-bond acceptors (Lipinski definition) is 6. The first-order valence-electron chi connectivity index (χ1n) is 6.33. The Hall–Kier alpha value is 2.38. The minimum absolute atomic E-state index is 0.147. The van der Waals surface area contributed by atoms with Crippen LogP contribution in [0.1, 0.15) is 0 Å². The molecule has 2 saturated heterocycles. The van der Waals surface area contributed by atoms with Crippen LogP contribution in [-0.2, 0) is 27.0 Å². The third kappa shape index (κ3) is 4.97. The average Bonchev–Trinajstić information content (AvgIpc) is 2.57. The van der Waals surface area contributed by atoms with E-state index in [0.717, 1.165) is 10.7 Å². The van der Waals surface area contributed by atoms with Gasteiger partial charge in [0.15, 0.2) is 0 Å². The summed E-state index contributed by atoms with van der Waals surface area (Å²) in [5, 5.41) is 2.81. The molecule has 6 nitrogen and oxygen atoms in total. The van der Waals surface area contributed by atoms with Gasteiger partial charge in [0.25, 0.3) is 0 Å². The third-order valence-corrected chi connectivity index (χ3v) is 11.0. The van der Waals surface area contributed by atoms with Crippen molar-refractivity contribution in [2.75, 3.05) is 47.7 Å². The van der Waals surface area contributed by atoms with Crippen molar-refractivity contribution in [3.05, 3.63) is 0 Å². The lowest BCUT2D eigenvalue weighted by atomic mass is 9.96. The summed E-state index contributed by atoms with van der Waals surface area (Å²) in [5.74, 6) is 0. The van der Waals surface area contributed by atoms with Crippen LogP contribution in [0.25, 0.3) is 0 Å². The zero-order valence-corrected chi connectivity index (χ0v) is 19.6. The molecular weight excluding hydrogens is 598 g/mol. The van der Waals surface area contributed by atoms with Gasteiger partial charge in [-0.25, -0.2) is 8.88 Å². The Labute approximate surface area is 164 Å².